The predicted molar refractivity (Wildman–Crippen MR) is 54.7 cm³/mol. The predicted octanol–water partition coefficient (Wildman–Crippen LogP) is 2.21. The van der Waals surface area contributed by atoms with Crippen molar-refractivity contribution in [2.24, 2.45) is 0 Å². The summed E-state index contributed by atoms with van der Waals surface area (Å²) in [6.45, 7) is 6.02. The zero-order chi connectivity index (χ0) is 9.83. The van der Waals surface area contributed by atoms with Crippen LogP contribution in [-0.4, -0.2) is 27.6 Å². The Labute approximate surface area is 86.9 Å². The van der Waals surface area contributed by atoms with Crippen LogP contribution < -0.4 is 0 Å². The van der Waals surface area contributed by atoms with Gasteiger partial charge < -0.3 is 11.0 Å². The number of rotatable bonds is 3. The van der Waals surface area contributed by atoms with Gasteiger partial charge >= 0.3 is 6.18 Å². The van der Waals surface area contributed by atoms with Crippen molar-refractivity contribution < 1.29 is 24.1 Å². The lowest BCUT2D eigenvalue weighted by molar-refractivity contribution is -0.134. The molecular formula is C8H19F3O2S. The minimum absolute atomic E-state index is 0. The maximum absolute atomic E-state index is 11.7. The molecule has 0 fully saturated rings. The highest BCUT2D eigenvalue weighted by Gasteiger charge is 2.26. The molecule has 0 bridgehead atoms. The molecule has 0 saturated carbocycles. The first-order valence-electron chi connectivity index (χ1n) is 3.91. The van der Waals surface area contributed by atoms with Crippen LogP contribution in [0, 0.1) is 0 Å². The van der Waals surface area contributed by atoms with Gasteiger partial charge in [0, 0.05) is 11.2 Å². The third-order valence-electron chi connectivity index (χ3n) is 1.14. The summed E-state index contributed by atoms with van der Waals surface area (Å²) in [5.74, 6) is 0.586. The van der Waals surface area contributed by atoms with E-state index in [1.165, 1.54) is 0 Å². The lowest BCUT2D eigenvalue weighted by Gasteiger charge is -2.17. The Hall–Kier alpha value is 0.0600. The third kappa shape index (κ3) is 18.0. The minimum Gasteiger partial charge on any atom is -0.412 e. The molecule has 0 spiro atoms. The Morgan fingerprint density at radius 2 is 1.43 bits per heavy atom. The van der Waals surface area contributed by atoms with Crippen LogP contribution in [0.2, 0.25) is 0 Å². The van der Waals surface area contributed by atoms with E-state index >= 15 is 0 Å². The fourth-order valence-corrected chi connectivity index (χ4v) is 1.55. The summed E-state index contributed by atoms with van der Waals surface area (Å²) in [5, 5.41) is 0. The van der Waals surface area contributed by atoms with E-state index in [-0.39, 0.29) is 22.1 Å². The van der Waals surface area contributed by atoms with Crippen molar-refractivity contribution >= 4 is 11.8 Å². The molecule has 4 N–H and O–H groups in total. The molecule has 0 aliphatic heterocycles. The second-order valence-corrected chi connectivity index (χ2v) is 5.60. The average molecular weight is 236 g/mol. The summed E-state index contributed by atoms with van der Waals surface area (Å²) < 4.78 is 35.1. The van der Waals surface area contributed by atoms with Crippen LogP contribution in [0.5, 0.6) is 0 Å². The molecule has 0 aliphatic rings. The summed E-state index contributed by atoms with van der Waals surface area (Å²) in [7, 11) is 0. The van der Waals surface area contributed by atoms with E-state index in [2.05, 4.69) is 0 Å². The molecule has 2 nitrogen and oxygen atoms in total. The van der Waals surface area contributed by atoms with E-state index < -0.39 is 12.6 Å². The Kier molecular flexibility index (Phi) is 10.3. The van der Waals surface area contributed by atoms with E-state index in [0.717, 1.165) is 0 Å². The van der Waals surface area contributed by atoms with Crippen molar-refractivity contribution in [3.8, 4) is 0 Å². The molecule has 0 radical (unpaired) electrons. The lowest BCUT2D eigenvalue weighted by atomic mass is 10.3. The Morgan fingerprint density at radius 3 is 1.71 bits per heavy atom. The molecule has 0 aromatic carbocycles. The Morgan fingerprint density at radius 1 is 1.00 bits per heavy atom. The molecule has 0 atom stereocenters. The first-order valence-corrected chi connectivity index (χ1v) is 4.90. The monoisotopic (exact) mass is 236 g/mol. The molecule has 0 heterocycles. The summed E-state index contributed by atoms with van der Waals surface area (Å²) in [6, 6.07) is 0. The van der Waals surface area contributed by atoms with E-state index in [1.807, 2.05) is 20.8 Å². The van der Waals surface area contributed by atoms with Gasteiger partial charge in [0.2, 0.25) is 0 Å². The van der Waals surface area contributed by atoms with E-state index in [0.29, 0.717) is 5.75 Å². The standard InChI is InChI=1S/C8H15F3S.2H2O/c1-7(2,3)12-6-4-5-8(9,10)11;;/h4-6H2,1-3H3;2*1H2. The van der Waals surface area contributed by atoms with Crippen LogP contribution in [0.25, 0.3) is 0 Å². The van der Waals surface area contributed by atoms with Gasteiger partial charge in [-0.2, -0.15) is 24.9 Å². The van der Waals surface area contributed by atoms with Crippen molar-refractivity contribution in [2.45, 2.75) is 44.5 Å². The van der Waals surface area contributed by atoms with Crippen LogP contribution in [0.1, 0.15) is 33.6 Å². The quantitative estimate of drug-likeness (QED) is 0.693. The first kappa shape index (κ1) is 19.6. The number of hydrogen-bond acceptors (Lipinski definition) is 1. The molecule has 0 aromatic heterocycles. The molecule has 90 valence electrons. The van der Waals surface area contributed by atoms with Crippen molar-refractivity contribution in [3.05, 3.63) is 0 Å². The molecule has 0 aliphatic carbocycles. The largest absolute Gasteiger partial charge is 0.412 e. The van der Waals surface area contributed by atoms with Crippen molar-refractivity contribution in [2.75, 3.05) is 5.75 Å². The molecule has 6 heteroatoms. The molecule has 0 rings (SSSR count). The van der Waals surface area contributed by atoms with Gasteiger partial charge in [-0.1, -0.05) is 20.8 Å². The number of alkyl halides is 3. The SMILES string of the molecule is CC(C)(C)SCCCC(F)(F)F.O.O. The molecular weight excluding hydrogens is 217 g/mol. The highest BCUT2D eigenvalue weighted by Crippen LogP contribution is 2.27. The van der Waals surface area contributed by atoms with Gasteiger partial charge in [0.05, 0.1) is 0 Å². The molecule has 0 amide bonds. The topological polar surface area (TPSA) is 63.0 Å². The van der Waals surface area contributed by atoms with Gasteiger partial charge in [0.1, 0.15) is 0 Å². The van der Waals surface area contributed by atoms with Crippen LogP contribution in [-0.2, 0) is 0 Å². The second-order valence-electron chi connectivity index (χ2n) is 3.68. The summed E-state index contributed by atoms with van der Waals surface area (Å²) in [6.07, 6.45) is -4.42. The highest BCUT2D eigenvalue weighted by molar-refractivity contribution is 8.00. The highest BCUT2D eigenvalue weighted by atomic mass is 32.2. The molecule has 14 heavy (non-hydrogen) atoms. The van der Waals surface area contributed by atoms with E-state index in [9.17, 15) is 13.2 Å². The molecule has 0 saturated heterocycles. The van der Waals surface area contributed by atoms with Crippen molar-refractivity contribution in [1.82, 2.24) is 0 Å². The number of thioether (sulfide) groups is 1. The van der Waals surface area contributed by atoms with Gasteiger partial charge in [-0.3, -0.25) is 0 Å². The fourth-order valence-electron chi connectivity index (χ4n) is 0.651. The van der Waals surface area contributed by atoms with Gasteiger partial charge in [0.15, 0.2) is 0 Å². The van der Waals surface area contributed by atoms with Gasteiger partial charge in [0.25, 0.3) is 0 Å². The minimum atomic E-state index is -3.99. The Balaban J connectivity index is -0.000000605. The average Bonchev–Trinajstić information content (AvgIpc) is 1.76. The van der Waals surface area contributed by atoms with E-state index in [1.54, 1.807) is 11.8 Å². The molecule has 0 unspecified atom stereocenters. The Bertz CT molecular complexity index is 116. The van der Waals surface area contributed by atoms with Crippen molar-refractivity contribution in [1.29, 1.82) is 0 Å². The third-order valence-corrected chi connectivity index (χ3v) is 2.50. The van der Waals surface area contributed by atoms with Crippen LogP contribution in [0.15, 0.2) is 0 Å². The van der Waals surface area contributed by atoms with Gasteiger partial charge in [-0.25, -0.2) is 0 Å². The smallest absolute Gasteiger partial charge is 0.389 e. The van der Waals surface area contributed by atoms with Crippen LogP contribution in [0.4, 0.5) is 13.2 Å². The summed E-state index contributed by atoms with van der Waals surface area (Å²) >= 11 is 1.57. The molecule has 0 aromatic rings. The number of halogens is 3. The zero-order valence-electron chi connectivity index (χ0n) is 8.66. The van der Waals surface area contributed by atoms with Crippen molar-refractivity contribution in [3.63, 3.8) is 0 Å². The first-order chi connectivity index (χ1) is 5.21. The second kappa shape index (κ2) is 7.36. The van der Waals surface area contributed by atoms with Crippen LogP contribution >= 0.6 is 11.8 Å². The maximum Gasteiger partial charge on any atom is 0.389 e. The van der Waals surface area contributed by atoms with Crippen LogP contribution in [0.3, 0.4) is 0 Å². The fraction of sp³-hybridized carbons (Fsp3) is 1.00. The van der Waals surface area contributed by atoms with Gasteiger partial charge in [-0.05, 0) is 12.2 Å². The summed E-state index contributed by atoms with van der Waals surface area (Å²) in [5.41, 5.74) is 0. The number of hydrogen-bond donors (Lipinski definition) is 0. The zero-order valence-corrected chi connectivity index (χ0v) is 9.48. The summed E-state index contributed by atoms with van der Waals surface area (Å²) in [4.78, 5) is 0. The maximum atomic E-state index is 11.7. The lowest BCUT2D eigenvalue weighted by Crippen LogP contribution is -2.11. The van der Waals surface area contributed by atoms with Gasteiger partial charge in [-0.15, -0.1) is 0 Å². The normalized spacial score (nSPS) is 11.6. The van der Waals surface area contributed by atoms with E-state index in [4.69, 9.17) is 0 Å².